The minimum Gasteiger partial charge on any atom is -1.00 e. The molecule has 0 aromatic heterocycles. The molecule has 0 aliphatic carbocycles. The number of rotatable bonds is 0. The van der Waals surface area contributed by atoms with E-state index >= 15 is 0 Å². The maximum absolute atomic E-state index is 8.36. The predicted octanol–water partition coefficient (Wildman–Crippen LogP) is -7.93. The molecule has 19 N–H and O–H groups in total. The summed E-state index contributed by atoms with van der Waals surface area (Å²) in [7, 11) is 0. The molecule has 0 bridgehead atoms. The van der Waals surface area contributed by atoms with Crippen LogP contribution in [0.25, 0.3) is 0 Å². The first-order valence-electron chi connectivity index (χ1n) is 0.565. The summed E-state index contributed by atoms with van der Waals surface area (Å²) in [4.78, 5) is 8.36. The van der Waals surface area contributed by atoms with Crippen molar-refractivity contribution in [2.45, 2.75) is 0 Å². The number of hydrogen-bond donors (Lipinski definition) is 1. The molecule has 0 rings (SSSR count). The standard InChI is InChI=1S/Mg.HNO3.9H2O.2H/c;2-1(3)4;;;;;;;;;;;/h;(H,2,3,4);9*1H2;;/q+2;;;;;;;;;;;2*-1. The van der Waals surface area contributed by atoms with Gasteiger partial charge in [-0.2, -0.15) is 0 Å². The Morgan fingerprint density at radius 2 is 0.786 bits per heavy atom. The van der Waals surface area contributed by atoms with Gasteiger partial charge in [0.1, 0.15) is 0 Å². The van der Waals surface area contributed by atoms with Crippen LogP contribution in [-0.2, 0) is 0 Å². The normalized spacial score (nSPS) is 1.71. The van der Waals surface area contributed by atoms with Crippen molar-refractivity contribution < 1.29 is 62.4 Å². The molecule has 0 unspecified atom stereocenters. The fourth-order valence-corrected chi connectivity index (χ4v) is 0. The Morgan fingerprint density at radius 3 is 0.786 bits per heavy atom. The summed E-state index contributed by atoms with van der Waals surface area (Å²) in [5.74, 6) is 0. The van der Waals surface area contributed by atoms with Gasteiger partial charge in [-0.1, -0.05) is 0 Å². The van der Waals surface area contributed by atoms with Crippen LogP contribution in [0.4, 0.5) is 0 Å². The minimum absolute atomic E-state index is 0. The molecule has 0 aromatic carbocycles. The number of hydrogen-bond acceptors (Lipinski definition) is 2. The second kappa shape index (κ2) is 250. The Hall–Kier alpha value is -0.394. The van der Waals surface area contributed by atoms with Crippen LogP contribution in [0.2, 0.25) is 0 Å². The van der Waals surface area contributed by atoms with Gasteiger partial charge in [-0.25, -0.2) is 0 Å². The molecule has 14 heteroatoms. The fourth-order valence-electron chi connectivity index (χ4n) is 0. The Balaban J connectivity index is -0.000000000682. The SMILES string of the molecule is O.O.O.O.O.O.O.O.O.O=[N+]([O-])O.[H-].[H-].[Mg+2]. The van der Waals surface area contributed by atoms with Gasteiger partial charge in [0.2, 0.25) is 0 Å². The summed E-state index contributed by atoms with van der Waals surface area (Å²) in [5, 5.41) is 13.6. The third-order valence-corrected chi connectivity index (χ3v) is 0. The van der Waals surface area contributed by atoms with E-state index in [0.29, 0.717) is 0 Å². The van der Waals surface area contributed by atoms with E-state index in [4.69, 9.17) is 15.3 Å². The van der Waals surface area contributed by atoms with Gasteiger partial charge in [0.25, 0.3) is 5.09 Å². The van der Waals surface area contributed by atoms with Crippen LogP contribution in [0, 0.1) is 10.1 Å². The van der Waals surface area contributed by atoms with Gasteiger partial charge in [0, 0.05) is 0 Å². The Morgan fingerprint density at radius 1 is 0.786 bits per heavy atom. The maximum Gasteiger partial charge on any atom is 2.00 e. The van der Waals surface area contributed by atoms with E-state index < -0.39 is 5.09 Å². The van der Waals surface area contributed by atoms with E-state index in [-0.39, 0.29) is 75.2 Å². The molecular weight excluding hydrogens is 230 g/mol. The van der Waals surface area contributed by atoms with Gasteiger partial charge in [-0.15, -0.1) is 10.1 Å². The summed E-state index contributed by atoms with van der Waals surface area (Å²) in [5.41, 5.74) is 0. The van der Waals surface area contributed by atoms with Crippen molar-refractivity contribution in [2.75, 3.05) is 0 Å². The summed E-state index contributed by atoms with van der Waals surface area (Å²) >= 11 is 0. The van der Waals surface area contributed by atoms with Gasteiger partial charge < -0.3 is 57.3 Å². The van der Waals surface area contributed by atoms with Crippen LogP contribution in [0.3, 0.4) is 0 Å². The molecule has 0 saturated carbocycles. The third kappa shape index (κ3) is 8420. The Kier molecular flexibility index (Phi) is 5680. The Labute approximate surface area is 96.3 Å². The van der Waals surface area contributed by atoms with Crippen molar-refractivity contribution in [1.29, 1.82) is 0 Å². The largest absolute Gasteiger partial charge is 2.00 e. The van der Waals surface area contributed by atoms with Gasteiger partial charge in [0.05, 0.1) is 0 Å². The van der Waals surface area contributed by atoms with Gasteiger partial charge in [-0.05, 0) is 0 Å². The molecule has 0 amide bonds. The quantitative estimate of drug-likeness (QED) is 0.249. The van der Waals surface area contributed by atoms with Crippen molar-refractivity contribution in [3.8, 4) is 0 Å². The van der Waals surface area contributed by atoms with Gasteiger partial charge >= 0.3 is 23.1 Å². The smallest absolute Gasteiger partial charge is 1.00 e. The molecule has 0 spiro atoms. The van der Waals surface area contributed by atoms with Gasteiger partial charge in [0.15, 0.2) is 0 Å². The first-order valence-corrected chi connectivity index (χ1v) is 0.565. The summed E-state index contributed by atoms with van der Waals surface area (Å²) in [6.07, 6.45) is 0. The van der Waals surface area contributed by atoms with E-state index in [1.54, 1.807) is 0 Å². The van der Waals surface area contributed by atoms with Crippen molar-refractivity contribution in [3.63, 3.8) is 0 Å². The molecule has 0 aliphatic heterocycles. The molecule has 0 saturated heterocycles. The van der Waals surface area contributed by atoms with E-state index in [2.05, 4.69) is 0 Å². The topological polar surface area (TPSA) is 347 Å². The van der Waals surface area contributed by atoms with Crippen molar-refractivity contribution in [2.24, 2.45) is 0 Å². The average Bonchev–Trinajstić information content (AvgIpc) is 0.811. The molecule has 0 fully saturated rings. The second-order valence-electron chi connectivity index (χ2n) is 0.238. The third-order valence-electron chi connectivity index (χ3n) is 0. The van der Waals surface area contributed by atoms with E-state index in [1.807, 2.05) is 0 Å². The zero-order chi connectivity index (χ0) is 3.58. The zero-order valence-corrected chi connectivity index (χ0v) is 8.33. The summed E-state index contributed by atoms with van der Waals surface area (Å²) < 4.78 is 0. The molecule has 0 aromatic rings. The minimum atomic E-state index is -1.50. The maximum atomic E-state index is 8.36. The van der Waals surface area contributed by atoms with Crippen LogP contribution in [-0.4, -0.2) is 82.6 Å². The van der Waals surface area contributed by atoms with Crippen LogP contribution >= 0.6 is 0 Å². The predicted molar refractivity (Wildman–Crippen MR) is 49.3 cm³/mol. The molecule has 14 heavy (non-hydrogen) atoms. The van der Waals surface area contributed by atoms with Crippen LogP contribution in [0.15, 0.2) is 0 Å². The monoisotopic (exact) mass is 251 g/mol. The first-order chi connectivity index (χ1) is 1.73. The van der Waals surface area contributed by atoms with Gasteiger partial charge in [-0.3, -0.25) is 0 Å². The van der Waals surface area contributed by atoms with Crippen LogP contribution in [0.1, 0.15) is 2.85 Å². The van der Waals surface area contributed by atoms with Crippen LogP contribution < -0.4 is 0 Å². The van der Waals surface area contributed by atoms with Crippen molar-refractivity contribution in [1.82, 2.24) is 0 Å². The molecule has 0 aliphatic rings. The zero-order valence-electron chi connectivity index (χ0n) is 8.92. The summed E-state index contributed by atoms with van der Waals surface area (Å²) in [6, 6.07) is 0. The summed E-state index contributed by atoms with van der Waals surface area (Å²) in [6.45, 7) is 0. The average molecular weight is 251 g/mol. The molecular formula is H21MgNO12. The molecule has 0 atom stereocenters. The Bertz CT molecular complexity index is 42.0. The van der Waals surface area contributed by atoms with E-state index in [0.717, 1.165) is 0 Å². The molecule has 13 nitrogen and oxygen atoms in total. The molecule has 0 radical (unpaired) electrons. The second-order valence-corrected chi connectivity index (χ2v) is 0.238. The van der Waals surface area contributed by atoms with E-state index in [1.165, 1.54) is 0 Å². The first kappa shape index (κ1) is 318. The van der Waals surface area contributed by atoms with Crippen molar-refractivity contribution >= 4 is 23.1 Å². The fraction of sp³-hybridized carbons (Fsp3) is 0. The van der Waals surface area contributed by atoms with Crippen LogP contribution in [0.5, 0.6) is 0 Å². The molecule has 0 heterocycles. The molecule has 100 valence electrons. The number of nitrogens with zero attached hydrogens (tertiary/aromatic N) is 1. The van der Waals surface area contributed by atoms with E-state index in [9.17, 15) is 0 Å². The van der Waals surface area contributed by atoms with Crippen molar-refractivity contribution in [3.05, 3.63) is 10.1 Å².